The summed E-state index contributed by atoms with van der Waals surface area (Å²) in [6.45, 7) is 3.67. The maximum Gasteiger partial charge on any atom is 0.305 e. The fourth-order valence-corrected chi connectivity index (χ4v) is 1.52. The normalized spacial score (nSPS) is 27.5. The average Bonchev–Trinajstić information content (AvgIpc) is 2.52. The highest BCUT2D eigenvalue weighted by Crippen LogP contribution is 2.11. The van der Waals surface area contributed by atoms with Gasteiger partial charge in [0.1, 0.15) is 13.2 Å². The lowest BCUT2D eigenvalue weighted by Gasteiger charge is -2.26. The van der Waals surface area contributed by atoms with Gasteiger partial charge >= 0.3 is 5.97 Å². The molecule has 1 atom stereocenters. The molecule has 0 aliphatic carbocycles. The summed E-state index contributed by atoms with van der Waals surface area (Å²) in [6.07, 6.45) is 1.40. The molecule has 4 nitrogen and oxygen atoms in total. The van der Waals surface area contributed by atoms with Gasteiger partial charge in [-0.25, -0.2) is 0 Å². The fraction of sp³-hybridized carbons (Fsp3) is 0.889. The quantitative estimate of drug-likeness (QED) is 0.472. The molecule has 1 fully saturated rings. The number of esters is 1. The number of nitrogens with zero attached hydrogens (tertiary/aromatic N) is 1. The second-order valence-corrected chi connectivity index (χ2v) is 3.78. The maximum absolute atomic E-state index is 10.8. The first-order valence-corrected chi connectivity index (χ1v) is 4.64. The van der Waals surface area contributed by atoms with Gasteiger partial charge in [0.05, 0.1) is 27.1 Å². The monoisotopic (exact) mass is 188 g/mol. The minimum atomic E-state index is -0.119. The van der Waals surface area contributed by atoms with E-state index in [0.717, 1.165) is 37.3 Å². The zero-order valence-corrected chi connectivity index (χ0v) is 8.41. The molecule has 0 bridgehead atoms. The van der Waals surface area contributed by atoms with Crippen LogP contribution in [0.5, 0.6) is 0 Å². The van der Waals surface area contributed by atoms with E-state index in [-0.39, 0.29) is 5.97 Å². The summed E-state index contributed by atoms with van der Waals surface area (Å²) >= 11 is 0. The first kappa shape index (κ1) is 10.5. The van der Waals surface area contributed by atoms with Crippen LogP contribution in [0.15, 0.2) is 0 Å². The second-order valence-electron chi connectivity index (χ2n) is 3.78. The Morgan fingerprint density at radius 3 is 2.92 bits per heavy atom. The van der Waals surface area contributed by atoms with Crippen LogP contribution in [0.4, 0.5) is 0 Å². The van der Waals surface area contributed by atoms with Crippen molar-refractivity contribution >= 4 is 5.97 Å². The number of rotatable bonds is 4. The molecular formula is C9H18NO3+. The first-order valence-electron chi connectivity index (χ1n) is 4.64. The van der Waals surface area contributed by atoms with Crippen molar-refractivity contribution in [2.75, 3.05) is 40.6 Å². The molecule has 0 spiro atoms. The number of ether oxygens (including phenoxy) is 2. The van der Waals surface area contributed by atoms with Crippen LogP contribution in [0.3, 0.4) is 0 Å². The van der Waals surface area contributed by atoms with Crippen molar-refractivity contribution < 1.29 is 18.8 Å². The van der Waals surface area contributed by atoms with Crippen LogP contribution in [0.1, 0.15) is 12.8 Å². The molecule has 1 unspecified atom stereocenters. The van der Waals surface area contributed by atoms with E-state index in [2.05, 4.69) is 11.8 Å². The van der Waals surface area contributed by atoms with Crippen LogP contribution in [0, 0.1) is 0 Å². The first-order chi connectivity index (χ1) is 6.16. The highest BCUT2D eigenvalue weighted by molar-refractivity contribution is 5.68. The molecule has 0 radical (unpaired) electrons. The lowest BCUT2D eigenvalue weighted by molar-refractivity contribution is -0.906. The van der Waals surface area contributed by atoms with Gasteiger partial charge in [-0.3, -0.25) is 4.79 Å². The third-order valence-electron chi connectivity index (χ3n) is 2.48. The molecule has 0 N–H and O–H groups in total. The molecule has 1 aliphatic rings. The van der Waals surface area contributed by atoms with E-state index < -0.39 is 0 Å². The zero-order chi connectivity index (χ0) is 9.73. The van der Waals surface area contributed by atoms with Crippen LogP contribution in [-0.4, -0.2) is 51.0 Å². The van der Waals surface area contributed by atoms with E-state index in [1.54, 1.807) is 0 Å². The van der Waals surface area contributed by atoms with Crippen molar-refractivity contribution in [2.24, 2.45) is 0 Å². The van der Waals surface area contributed by atoms with Crippen molar-refractivity contribution in [2.45, 2.75) is 12.8 Å². The molecule has 1 rings (SSSR count). The molecular weight excluding hydrogens is 170 g/mol. The van der Waals surface area contributed by atoms with E-state index in [9.17, 15) is 4.79 Å². The Balaban J connectivity index is 2.14. The summed E-state index contributed by atoms with van der Waals surface area (Å²) in [5, 5.41) is 0. The summed E-state index contributed by atoms with van der Waals surface area (Å²) in [5.74, 6) is -0.119. The van der Waals surface area contributed by atoms with Gasteiger partial charge in [0, 0.05) is 6.42 Å². The van der Waals surface area contributed by atoms with Crippen LogP contribution in [0.25, 0.3) is 0 Å². The smallest absolute Gasteiger partial charge is 0.305 e. The van der Waals surface area contributed by atoms with Gasteiger partial charge in [0.15, 0.2) is 6.73 Å². The molecule has 0 aromatic heterocycles. The van der Waals surface area contributed by atoms with Crippen molar-refractivity contribution in [1.29, 1.82) is 0 Å². The minimum absolute atomic E-state index is 0.119. The van der Waals surface area contributed by atoms with Crippen molar-refractivity contribution in [3.05, 3.63) is 0 Å². The molecule has 0 aromatic rings. The van der Waals surface area contributed by atoms with Crippen LogP contribution in [0.2, 0.25) is 0 Å². The Kier molecular flexibility index (Phi) is 3.69. The van der Waals surface area contributed by atoms with Gasteiger partial charge < -0.3 is 14.0 Å². The number of hydrogen-bond acceptors (Lipinski definition) is 3. The lowest BCUT2D eigenvalue weighted by atomic mass is 10.3. The van der Waals surface area contributed by atoms with Gasteiger partial charge in [-0.05, 0) is 0 Å². The van der Waals surface area contributed by atoms with Gasteiger partial charge in [0.2, 0.25) is 0 Å². The number of quaternary nitrogens is 1. The highest BCUT2D eigenvalue weighted by atomic mass is 16.5. The van der Waals surface area contributed by atoms with Crippen LogP contribution in [-0.2, 0) is 14.3 Å². The Morgan fingerprint density at radius 2 is 2.38 bits per heavy atom. The van der Waals surface area contributed by atoms with E-state index in [1.165, 1.54) is 7.11 Å². The average molecular weight is 188 g/mol. The van der Waals surface area contributed by atoms with Gasteiger partial charge in [-0.15, -0.1) is 0 Å². The third kappa shape index (κ3) is 3.32. The van der Waals surface area contributed by atoms with Gasteiger partial charge in [-0.2, -0.15) is 0 Å². The van der Waals surface area contributed by atoms with Crippen LogP contribution < -0.4 is 0 Å². The molecule has 0 saturated carbocycles. The Hall–Kier alpha value is -0.610. The molecule has 4 heteroatoms. The maximum atomic E-state index is 10.8. The molecule has 76 valence electrons. The lowest BCUT2D eigenvalue weighted by Crippen LogP contribution is -2.42. The topological polar surface area (TPSA) is 35.5 Å². The summed E-state index contributed by atoms with van der Waals surface area (Å²) in [7, 11) is 3.59. The van der Waals surface area contributed by atoms with Crippen molar-refractivity contribution in [3.8, 4) is 0 Å². The molecule has 1 aliphatic heterocycles. The number of likely N-dealkylation sites (N-methyl/N-ethyl adjacent to an activating group) is 1. The summed E-state index contributed by atoms with van der Waals surface area (Å²) in [6, 6.07) is 0. The summed E-state index contributed by atoms with van der Waals surface area (Å²) < 4.78 is 10.8. The Bertz CT molecular complexity index is 176. The van der Waals surface area contributed by atoms with Crippen LogP contribution >= 0.6 is 0 Å². The third-order valence-corrected chi connectivity index (χ3v) is 2.48. The SMILES string of the molecule is COC(=O)CCC[N+]1(C)CCOC1. The molecule has 0 aromatic carbocycles. The summed E-state index contributed by atoms with van der Waals surface area (Å²) in [4.78, 5) is 10.8. The Morgan fingerprint density at radius 1 is 1.62 bits per heavy atom. The zero-order valence-electron chi connectivity index (χ0n) is 8.41. The van der Waals surface area contributed by atoms with Gasteiger partial charge in [-0.1, -0.05) is 0 Å². The molecule has 1 saturated heterocycles. The number of hydrogen-bond donors (Lipinski definition) is 0. The van der Waals surface area contributed by atoms with Gasteiger partial charge in [0.25, 0.3) is 0 Å². The minimum Gasteiger partial charge on any atom is -0.469 e. The van der Waals surface area contributed by atoms with E-state index in [4.69, 9.17) is 4.74 Å². The van der Waals surface area contributed by atoms with E-state index in [1.807, 2.05) is 0 Å². The largest absolute Gasteiger partial charge is 0.469 e. The Labute approximate surface area is 79.0 Å². The highest BCUT2D eigenvalue weighted by Gasteiger charge is 2.26. The van der Waals surface area contributed by atoms with E-state index >= 15 is 0 Å². The van der Waals surface area contributed by atoms with E-state index in [0.29, 0.717) is 6.42 Å². The molecule has 0 amide bonds. The number of carbonyl (C=O) groups is 1. The summed E-state index contributed by atoms with van der Waals surface area (Å²) in [5.41, 5.74) is 0. The standard InChI is InChI=1S/C9H18NO3/c1-10(6-7-13-8-10)5-3-4-9(11)12-2/h3-8H2,1-2H3/q+1. The fourth-order valence-electron chi connectivity index (χ4n) is 1.52. The molecule has 1 heterocycles. The van der Waals surface area contributed by atoms with Crippen molar-refractivity contribution in [1.82, 2.24) is 0 Å². The predicted octanol–water partition coefficient (Wildman–Crippen LogP) is 0.374. The van der Waals surface area contributed by atoms with Crippen molar-refractivity contribution in [3.63, 3.8) is 0 Å². The second kappa shape index (κ2) is 4.58. The molecule has 13 heavy (non-hydrogen) atoms. The predicted molar refractivity (Wildman–Crippen MR) is 48.0 cm³/mol. The number of carbonyl (C=O) groups excluding carboxylic acids is 1. The number of methoxy groups -OCH3 is 1.